The third kappa shape index (κ3) is 2.43. The summed E-state index contributed by atoms with van der Waals surface area (Å²) in [7, 11) is 0. The Balaban J connectivity index is 1.80. The minimum absolute atomic E-state index is 0.108. The highest BCUT2D eigenvalue weighted by Gasteiger charge is 2.36. The van der Waals surface area contributed by atoms with E-state index in [-0.39, 0.29) is 5.91 Å². The summed E-state index contributed by atoms with van der Waals surface area (Å²) in [5.41, 5.74) is 1.22. The maximum absolute atomic E-state index is 12.7. The summed E-state index contributed by atoms with van der Waals surface area (Å²) in [5.74, 6) is 0.803. The first-order chi connectivity index (χ1) is 9.79. The van der Waals surface area contributed by atoms with Gasteiger partial charge in [-0.25, -0.2) is 0 Å². The number of hydrogen-bond acceptors (Lipinski definition) is 2. The molecule has 1 heterocycles. The van der Waals surface area contributed by atoms with Crippen LogP contribution in [-0.4, -0.2) is 23.4 Å². The molecule has 104 valence electrons. The van der Waals surface area contributed by atoms with Crippen LogP contribution in [0.2, 0.25) is 0 Å². The molecule has 0 radical (unpaired) electrons. The first kappa shape index (κ1) is 13.2. The molecule has 1 aliphatic carbocycles. The van der Waals surface area contributed by atoms with Gasteiger partial charge in [0.25, 0.3) is 5.91 Å². The first-order valence-electron chi connectivity index (χ1n) is 7.61. The molecule has 3 heteroatoms. The van der Waals surface area contributed by atoms with Gasteiger partial charge < -0.3 is 4.90 Å². The largest absolute Gasteiger partial charge is 0.335 e. The lowest BCUT2D eigenvalue weighted by Crippen LogP contribution is -2.39. The molecule has 1 atom stereocenters. The SMILES string of the molecule is N#Cc1cccc(C(=O)N2CCCC2C2CCCC2)c1. The average molecular weight is 268 g/mol. The van der Waals surface area contributed by atoms with E-state index in [1.807, 2.05) is 6.07 Å². The minimum Gasteiger partial charge on any atom is -0.335 e. The summed E-state index contributed by atoms with van der Waals surface area (Å²) in [4.78, 5) is 14.8. The molecule has 1 aromatic rings. The zero-order chi connectivity index (χ0) is 13.9. The second-order valence-corrected chi connectivity index (χ2v) is 5.95. The number of carbonyl (C=O) groups excluding carboxylic acids is 1. The highest BCUT2D eigenvalue weighted by molar-refractivity contribution is 5.95. The van der Waals surface area contributed by atoms with Crippen LogP contribution >= 0.6 is 0 Å². The second kappa shape index (κ2) is 5.66. The number of nitrogens with zero attached hydrogens (tertiary/aromatic N) is 2. The summed E-state index contributed by atoms with van der Waals surface area (Å²) < 4.78 is 0. The molecule has 20 heavy (non-hydrogen) atoms. The molecular formula is C17H20N2O. The molecule has 1 saturated heterocycles. The molecule has 0 spiro atoms. The van der Waals surface area contributed by atoms with Crippen molar-refractivity contribution in [2.75, 3.05) is 6.54 Å². The van der Waals surface area contributed by atoms with Gasteiger partial charge >= 0.3 is 0 Å². The van der Waals surface area contributed by atoms with Crippen LogP contribution in [0, 0.1) is 17.2 Å². The zero-order valence-electron chi connectivity index (χ0n) is 11.7. The lowest BCUT2D eigenvalue weighted by molar-refractivity contribution is 0.0689. The van der Waals surface area contributed by atoms with Gasteiger partial charge in [-0.1, -0.05) is 18.9 Å². The van der Waals surface area contributed by atoms with Crippen molar-refractivity contribution < 1.29 is 4.79 Å². The van der Waals surface area contributed by atoms with Gasteiger partial charge in [0.05, 0.1) is 11.6 Å². The summed E-state index contributed by atoms with van der Waals surface area (Å²) in [6, 6.07) is 9.62. The maximum atomic E-state index is 12.7. The van der Waals surface area contributed by atoms with E-state index in [2.05, 4.69) is 11.0 Å². The summed E-state index contributed by atoms with van der Waals surface area (Å²) in [6.07, 6.45) is 7.43. The lowest BCUT2D eigenvalue weighted by atomic mass is 9.95. The van der Waals surface area contributed by atoms with Crippen LogP contribution < -0.4 is 0 Å². The van der Waals surface area contributed by atoms with Crippen molar-refractivity contribution in [2.24, 2.45) is 5.92 Å². The fraction of sp³-hybridized carbons (Fsp3) is 0.529. The van der Waals surface area contributed by atoms with E-state index in [9.17, 15) is 4.79 Å². The topological polar surface area (TPSA) is 44.1 Å². The Kier molecular flexibility index (Phi) is 3.73. The standard InChI is InChI=1S/C17H20N2O/c18-12-13-5-3-8-15(11-13)17(20)19-10-4-9-16(19)14-6-1-2-7-14/h3,5,8,11,14,16H,1-2,4,6-7,9-10H2. The molecule has 0 bridgehead atoms. The van der Waals surface area contributed by atoms with E-state index < -0.39 is 0 Å². The Labute approximate surface area is 120 Å². The molecule has 1 aromatic carbocycles. The predicted molar refractivity (Wildman–Crippen MR) is 77.2 cm³/mol. The van der Waals surface area contributed by atoms with E-state index in [0.717, 1.165) is 19.4 Å². The van der Waals surface area contributed by atoms with Gasteiger partial charge in [0.1, 0.15) is 0 Å². The Morgan fingerprint density at radius 2 is 2.00 bits per heavy atom. The number of rotatable bonds is 2. The van der Waals surface area contributed by atoms with E-state index in [1.54, 1.807) is 18.2 Å². The molecule has 1 unspecified atom stereocenters. The molecule has 2 aliphatic rings. The van der Waals surface area contributed by atoms with Crippen molar-refractivity contribution in [2.45, 2.75) is 44.6 Å². The van der Waals surface area contributed by atoms with Gasteiger partial charge in [-0.05, 0) is 49.8 Å². The van der Waals surface area contributed by atoms with Crippen molar-refractivity contribution in [1.29, 1.82) is 5.26 Å². The van der Waals surface area contributed by atoms with E-state index in [0.29, 0.717) is 23.1 Å². The van der Waals surface area contributed by atoms with Crippen LogP contribution in [0.1, 0.15) is 54.4 Å². The lowest BCUT2D eigenvalue weighted by Gasteiger charge is -2.29. The van der Waals surface area contributed by atoms with Crippen molar-refractivity contribution in [3.8, 4) is 6.07 Å². The number of amides is 1. The molecular weight excluding hydrogens is 248 g/mol. The minimum atomic E-state index is 0.108. The van der Waals surface area contributed by atoms with Crippen LogP contribution in [0.5, 0.6) is 0 Å². The average Bonchev–Trinajstić information content (AvgIpc) is 3.16. The fourth-order valence-electron chi connectivity index (χ4n) is 3.76. The summed E-state index contributed by atoms with van der Waals surface area (Å²) in [5, 5.41) is 8.96. The Hall–Kier alpha value is -1.82. The van der Waals surface area contributed by atoms with E-state index in [1.165, 1.54) is 25.7 Å². The number of hydrogen-bond donors (Lipinski definition) is 0. The van der Waals surface area contributed by atoms with Gasteiger partial charge in [-0.2, -0.15) is 5.26 Å². The zero-order valence-corrected chi connectivity index (χ0v) is 11.7. The van der Waals surface area contributed by atoms with Crippen molar-refractivity contribution in [3.63, 3.8) is 0 Å². The molecule has 3 rings (SSSR count). The number of likely N-dealkylation sites (tertiary alicyclic amines) is 1. The van der Waals surface area contributed by atoms with Gasteiger partial charge in [0.2, 0.25) is 0 Å². The molecule has 1 aliphatic heterocycles. The van der Waals surface area contributed by atoms with E-state index >= 15 is 0 Å². The maximum Gasteiger partial charge on any atom is 0.254 e. The molecule has 2 fully saturated rings. The quantitative estimate of drug-likeness (QED) is 0.825. The Morgan fingerprint density at radius 1 is 1.20 bits per heavy atom. The molecule has 3 nitrogen and oxygen atoms in total. The fourth-order valence-corrected chi connectivity index (χ4v) is 3.76. The van der Waals surface area contributed by atoms with Crippen LogP contribution in [0.25, 0.3) is 0 Å². The third-order valence-electron chi connectivity index (χ3n) is 4.74. The number of nitriles is 1. The number of benzene rings is 1. The normalized spacial score (nSPS) is 22.9. The predicted octanol–water partition coefficient (Wildman–Crippen LogP) is 3.35. The summed E-state index contributed by atoms with van der Waals surface area (Å²) in [6.45, 7) is 0.872. The van der Waals surface area contributed by atoms with Crippen LogP contribution in [0.3, 0.4) is 0 Å². The summed E-state index contributed by atoms with van der Waals surface area (Å²) >= 11 is 0. The number of carbonyl (C=O) groups is 1. The highest BCUT2D eigenvalue weighted by atomic mass is 16.2. The monoisotopic (exact) mass is 268 g/mol. The van der Waals surface area contributed by atoms with Gasteiger partial charge in [-0.15, -0.1) is 0 Å². The van der Waals surface area contributed by atoms with Gasteiger partial charge in [0, 0.05) is 18.2 Å². The first-order valence-corrected chi connectivity index (χ1v) is 7.61. The van der Waals surface area contributed by atoms with Crippen LogP contribution in [-0.2, 0) is 0 Å². The van der Waals surface area contributed by atoms with Crippen LogP contribution in [0.4, 0.5) is 0 Å². The Morgan fingerprint density at radius 3 is 2.75 bits per heavy atom. The van der Waals surface area contributed by atoms with Crippen LogP contribution in [0.15, 0.2) is 24.3 Å². The van der Waals surface area contributed by atoms with E-state index in [4.69, 9.17) is 5.26 Å². The van der Waals surface area contributed by atoms with Crippen molar-refractivity contribution in [1.82, 2.24) is 4.90 Å². The molecule has 0 aromatic heterocycles. The molecule has 0 N–H and O–H groups in total. The van der Waals surface area contributed by atoms with Crippen molar-refractivity contribution in [3.05, 3.63) is 35.4 Å². The van der Waals surface area contributed by atoms with Gasteiger partial charge in [0.15, 0.2) is 0 Å². The molecule has 1 saturated carbocycles. The third-order valence-corrected chi connectivity index (χ3v) is 4.74. The highest BCUT2D eigenvalue weighted by Crippen LogP contribution is 2.36. The van der Waals surface area contributed by atoms with Crippen molar-refractivity contribution >= 4 is 5.91 Å². The second-order valence-electron chi connectivity index (χ2n) is 5.95. The molecule has 1 amide bonds. The Bertz CT molecular complexity index is 540. The smallest absolute Gasteiger partial charge is 0.254 e. The van der Waals surface area contributed by atoms with Gasteiger partial charge in [-0.3, -0.25) is 4.79 Å².